The van der Waals surface area contributed by atoms with Crippen LogP contribution in [0.4, 0.5) is 0 Å². The van der Waals surface area contributed by atoms with Crippen molar-refractivity contribution in [3.63, 3.8) is 0 Å². The molecule has 0 spiro atoms. The summed E-state index contributed by atoms with van der Waals surface area (Å²) < 4.78 is 28.7. The van der Waals surface area contributed by atoms with Crippen LogP contribution in [-0.2, 0) is 21.4 Å². The van der Waals surface area contributed by atoms with Gasteiger partial charge in [0.25, 0.3) is 0 Å². The largest absolute Gasteiger partial charge is 0.348 e. The summed E-state index contributed by atoms with van der Waals surface area (Å²) in [6.07, 6.45) is 2.00. The van der Waals surface area contributed by atoms with Crippen LogP contribution < -0.4 is 5.32 Å². The van der Waals surface area contributed by atoms with Crippen LogP contribution in [0.15, 0.2) is 87.1 Å². The van der Waals surface area contributed by atoms with E-state index < -0.39 is 15.9 Å². The number of hydrogen-bond acceptors (Lipinski definition) is 4. The van der Waals surface area contributed by atoms with Crippen molar-refractivity contribution in [1.82, 2.24) is 9.62 Å². The third-order valence-electron chi connectivity index (χ3n) is 5.07. The van der Waals surface area contributed by atoms with E-state index in [1.165, 1.54) is 12.1 Å². The van der Waals surface area contributed by atoms with Gasteiger partial charge >= 0.3 is 0 Å². The van der Waals surface area contributed by atoms with E-state index in [2.05, 4.69) is 21.2 Å². The molecule has 0 aliphatic heterocycles. The van der Waals surface area contributed by atoms with Gasteiger partial charge in [0.05, 0.1) is 17.5 Å². The minimum Gasteiger partial charge on any atom is -0.348 e. The fourth-order valence-electron chi connectivity index (χ4n) is 3.22. The lowest BCUT2D eigenvalue weighted by Gasteiger charge is -2.24. The molecule has 0 aliphatic carbocycles. The van der Waals surface area contributed by atoms with Gasteiger partial charge in [-0.15, -0.1) is 11.8 Å². The molecule has 1 amide bonds. The van der Waals surface area contributed by atoms with E-state index in [0.29, 0.717) is 10.6 Å². The Kier molecular flexibility index (Phi) is 9.01. The fraction of sp³-hybridized carbons (Fsp3) is 0.208. The number of halogens is 2. The van der Waals surface area contributed by atoms with E-state index in [-0.39, 0.29) is 24.0 Å². The molecule has 0 aliphatic rings. The number of carbonyl (C=O) groups is 1. The quantitative estimate of drug-likeness (QED) is 0.327. The van der Waals surface area contributed by atoms with Crippen LogP contribution in [0.25, 0.3) is 0 Å². The molecule has 33 heavy (non-hydrogen) atoms. The Morgan fingerprint density at radius 3 is 2.30 bits per heavy atom. The lowest BCUT2D eigenvalue weighted by molar-refractivity contribution is -0.122. The first kappa shape index (κ1) is 25.8. The number of hydrogen-bond donors (Lipinski definition) is 1. The van der Waals surface area contributed by atoms with Gasteiger partial charge in [-0.1, -0.05) is 57.9 Å². The smallest absolute Gasteiger partial charge is 0.243 e. The van der Waals surface area contributed by atoms with Gasteiger partial charge in [0.1, 0.15) is 0 Å². The maximum Gasteiger partial charge on any atom is 0.243 e. The molecule has 0 bridgehead atoms. The molecular formula is C24H24BrClN2O3S2. The minimum absolute atomic E-state index is 0.0255. The summed E-state index contributed by atoms with van der Waals surface area (Å²) in [4.78, 5) is 14.1. The molecular weight excluding hydrogens is 544 g/mol. The highest BCUT2D eigenvalue weighted by atomic mass is 79.9. The third kappa shape index (κ3) is 6.83. The molecule has 3 aromatic carbocycles. The van der Waals surface area contributed by atoms with E-state index >= 15 is 0 Å². The zero-order chi connectivity index (χ0) is 24.0. The Morgan fingerprint density at radius 2 is 1.70 bits per heavy atom. The summed E-state index contributed by atoms with van der Waals surface area (Å²) in [5.74, 6) is -0.399. The van der Waals surface area contributed by atoms with Gasteiger partial charge in [-0.25, -0.2) is 8.42 Å². The molecule has 0 radical (unpaired) electrons. The number of nitrogens with zero attached hydrogens (tertiary/aromatic N) is 1. The van der Waals surface area contributed by atoms with Crippen molar-refractivity contribution in [3.8, 4) is 0 Å². The summed E-state index contributed by atoms with van der Waals surface area (Å²) in [7, 11) is -3.95. The second-order valence-electron chi connectivity index (χ2n) is 7.38. The maximum atomic E-state index is 13.4. The molecule has 0 aromatic heterocycles. The van der Waals surface area contributed by atoms with Gasteiger partial charge in [0.15, 0.2) is 0 Å². The Hall–Kier alpha value is -1.84. The fourth-order valence-corrected chi connectivity index (χ4v) is 5.46. The van der Waals surface area contributed by atoms with E-state index in [1.807, 2.05) is 37.4 Å². The summed E-state index contributed by atoms with van der Waals surface area (Å²) >= 11 is 11.2. The zero-order valence-electron chi connectivity index (χ0n) is 18.2. The van der Waals surface area contributed by atoms with Gasteiger partial charge in [0, 0.05) is 20.9 Å². The van der Waals surface area contributed by atoms with Crippen molar-refractivity contribution < 1.29 is 13.2 Å². The van der Waals surface area contributed by atoms with Crippen molar-refractivity contribution in [2.45, 2.75) is 29.3 Å². The summed E-state index contributed by atoms with van der Waals surface area (Å²) in [6.45, 7) is 1.51. The van der Waals surface area contributed by atoms with Crippen LogP contribution in [0, 0.1) is 0 Å². The topological polar surface area (TPSA) is 66.5 Å². The van der Waals surface area contributed by atoms with Crippen LogP contribution in [0.2, 0.25) is 5.02 Å². The molecule has 1 N–H and O–H groups in total. The molecule has 0 saturated carbocycles. The van der Waals surface area contributed by atoms with Gasteiger partial charge in [0.2, 0.25) is 15.9 Å². The molecule has 0 heterocycles. The van der Waals surface area contributed by atoms with Gasteiger partial charge in [-0.3, -0.25) is 4.79 Å². The summed E-state index contributed by atoms with van der Waals surface area (Å²) in [6, 6.07) is 20.9. The van der Waals surface area contributed by atoms with E-state index in [9.17, 15) is 13.2 Å². The monoisotopic (exact) mass is 566 g/mol. The Balaban J connectivity index is 1.83. The SMILES string of the molecule is CSc1ccc([C@@H](C)NC(=O)CN(Cc2ccccc2Cl)S(=O)(=O)c2ccc(Br)cc2)cc1. The van der Waals surface area contributed by atoms with E-state index in [0.717, 1.165) is 19.2 Å². The van der Waals surface area contributed by atoms with E-state index in [4.69, 9.17) is 11.6 Å². The first-order valence-electron chi connectivity index (χ1n) is 10.1. The van der Waals surface area contributed by atoms with Crippen LogP contribution in [-0.4, -0.2) is 31.4 Å². The number of amides is 1. The Bertz CT molecular complexity index is 1200. The normalized spacial score (nSPS) is 12.5. The summed E-state index contributed by atoms with van der Waals surface area (Å²) in [5, 5.41) is 3.35. The molecule has 3 rings (SSSR count). The lowest BCUT2D eigenvalue weighted by atomic mass is 10.1. The first-order chi connectivity index (χ1) is 15.7. The van der Waals surface area contributed by atoms with Crippen LogP contribution in [0.5, 0.6) is 0 Å². The Morgan fingerprint density at radius 1 is 1.06 bits per heavy atom. The Labute approximate surface area is 212 Å². The van der Waals surface area contributed by atoms with Gasteiger partial charge in [-0.05, 0) is 66.8 Å². The van der Waals surface area contributed by atoms with Gasteiger partial charge < -0.3 is 5.32 Å². The number of nitrogens with one attached hydrogen (secondary N) is 1. The second-order valence-corrected chi connectivity index (χ2v) is 11.5. The highest BCUT2D eigenvalue weighted by Gasteiger charge is 2.28. The van der Waals surface area contributed by atoms with Crippen molar-refractivity contribution in [3.05, 3.63) is 93.4 Å². The van der Waals surface area contributed by atoms with Crippen molar-refractivity contribution >= 4 is 55.2 Å². The molecule has 3 aromatic rings. The zero-order valence-corrected chi connectivity index (χ0v) is 22.1. The highest BCUT2D eigenvalue weighted by molar-refractivity contribution is 9.10. The lowest BCUT2D eigenvalue weighted by Crippen LogP contribution is -2.41. The molecule has 1 atom stereocenters. The predicted octanol–water partition coefficient (Wildman–Crippen LogP) is 5.89. The second kappa shape index (κ2) is 11.5. The molecule has 0 saturated heterocycles. The van der Waals surface area contributed by atoms with Crippen molar-refractivity contribution in [1.29, 1.82) is 0 Å². The predicted molar refractivity (Wildman–Crippen MR) is 138 cm³/mol. The molecule has 174 valence electrons. The average Bonchev–Trinajstić information content (AvgIpc) is 2.80. The first-order valence-corrected chi connectivity index (χ1v) is 14.0. The van der Waals surface area contributed by atoms with Crippen molar-refractivity contribution in [2.75, 3.05) is 12.8 Å². The molecule has 0 unspecified atom stereocenters. The van der Waals surface area contributed by atoms with Gasteiger partial charge in [-0.2, -0.15) is 4.31 Å². The molecule has 0 fully saturated rings. The number of benzene rings is 3. The van der Waals surface area contributed by atoms with Crippen molar-refractivity contribution in [2.24, 2.45) is 0 Å². The number of rotatable bonds is 9. The minimum atomic E-state index is -3.95. The number of carbonyl (C=O) groups excluding carboxylic acids is 1. The van der Waals surface area contributed by atoms with Crippen LogP contribution in [0.3, 0.4) is 0 Å². The third-order valence-corrected chi connectivity index (χ3v) is 8.52. The highest BCUT2D eigenvalue weighted by Crippen LogP contribution is 2.24. The standard InChI is InChI=1S/C24H24BrClN2O3S2/c1-17(18-7-11-21(32-2)12-8-18)27-24(29)16-28(15-19-5-3-4-6-23(19)26)33(30,31)22-13-9-20(25)10-14-22/h3-14,17H,15-16H2,1-2H3,(H,27,29)/t17-/m1/s1. The molecule has 9 heteroatoms. The molecule has 5 nitrogen and oxygen atoms in total. The van der Waals surface area contributed by atoms with E-state index in [1.54, 1.807) is 48.2 Å². The average molecular weight is 568 g/mol. The number of thioether (sulfide) groups is 1. The van der Waals surface area contributed by atoms with Crippen LogP contribution in [0.1, 0.15) is 24.1 Å². The number of sulfonamides is 1. The summed E-state index contributed by atoms with van der Waals surface area (Å²) in [5.41, 5.74) is 1.56. The van der Waals surface area contributed by atoms with Crippen LogP contribution >= 0.6 is 39.3 Å². The maximum absolute atomic E-state index is 13.4.